The van der Waals surface area contributed by atoms with Crippen LogP contribution < -0.4 is 5.32 Å². The number of Topliss-reactive ketones (excluding diaryl/α,β-unsaturated/α-hetero) is 1. The number of ketones is 1. The summed E-state index contributed by atoms with van der Waals surface area (Å²) in [5.74, 6) is 0.935. The molecule has 86 valence electrons. The molecule has 0 amide bonds. The van der Waals surface area contributed by atoms with E-state index in [9.17, 15) is 4.79 Å². The Bertz CT molecular complexity index is 331. The van der Waals surface area contributed by atoms with Crippen LogP contribution in [0.4, 0.5) is 0 Å². The van der Waals surface area contributed by atoms with Crippen LogP contribution in [0.15, 0.2) is 24.5 Å². The van der Waals surface area contributed by atoms with E-state index in [2.05, 4.69) is 10.3 Å². The Labute approximate surface area is 96.3 Å². The van der Waals surface area contributed by atoms with Crippen LogP contribution in [0.25, 0.3) is 0 Å². The molecule has 1 aliphatic heterocycles. The van der Waals surface area contributed by atoms with E-state index in [4.69, 9.17) is 0 Å². The number of aromatic nitrogens is 1. The molecule has 0 unspecified atom stereocenters. The van der Waals surface area contributed by atoms with Crippen LogP contribution >= 0.6 is 0 Å². The van der Waals surface area contributed by atoms with Crippen LogP contribution in [0, 0.1) is 5.92 Å². The van der Waals surface area contributed by atoms with Gasteiger partial charge in [0, 0.05) is 25.2 Å². The lowest BCUT2D eigenvalue weighted by Crippen LogP contribution is -2.29. The highest BCUT2D eigenvalue weighted by Crippen LogP contribution is 2.17. The quantitative estimate of drug-likeness (QED) is 0.834. The number of nitrogens with zero attached hydrogens (tertiary/aromatic N) is 1. The first kappa shape index (κ1) is 11.3. The van der Waals surface area contributed by atoms with Gasteiger partial charge in [0.25, 0.3) is 0 Å². The van der Waals surface area contributed by atoms with E-state index in [0.29, 0.717) is 18.1 Å². The molecule has 1 aromatic heterocycles. The number of hydrogen-bond donors (Lipinski definition) is 1. The van der Waals surface area contributed by atoms with Crippen molar-refractivity contribution in [3.05, 3.63) is 30.1 Å². The monoisotopic (exact) mass is 218 g/mol. The molecule has 0 bridgehead atoms. The maximum Gasteiger partial charge on any atom is 0.137 e. The molecule has 2 rings (SSSR count). The zero-order valence-electron chi connectivity index (χ0n) is 9.48. The highest BCUT2D eigenvalue weighted by Gasteiger charge is 2.16. The van der Waals surface area contributed by atoms with Gasteiger partial charge < -0.3 is 5.32 Å². The van der Waals surface area contributed by atoms with Crippen molar-refractivity contribution in [1.82, 2.24) is 10.3 Å². The molecule has 0 atom stereocenters. The van der Waals surface area contributed by atoms with Gasteiger partial charge in [-0.05, 0) is 43.5 Å². The fraction of sp³-hybridized carbons (Fsp3) is 0.538. The Morgan fingerprint density at radius 1 is 1.44 bits per heavy atom. The third-order valence-electron chi connectivity index (χ3n) is 3.10. The standard InChI is InChI=1S/C13H18N2O/c16-13(8-11-3-6-14-7-4-11)9-12-2-1-5-15-10-12/h1-2,5,10-11,14H,3-4,6-9H2. The fourth-order valence-corrected chi connectivity index (χ4v) is 2.21. The zero-order chi connectivity index (χ0) is 11.2. The molecular weight excluding hydrogens is 200 g/mol. The van der Waals surface area contributed by atoms with Gasteiger partial charge in [-0.2, -0.15) is 0 Å². The number of carbonyl (C=O) groups is 1. The lowest BCUT2D eigenvalue weighted by Gasteiger charge is -2.21. The fourth-order valence-electron chi connectivity index (χ4n) is 2.21. The number of carbonyl (C=O) groups excluding carboxylic acids is 1. The lowest BCUT2D eigenvalue weighted by atomic mass is 9.91. The topological polar surface area (TPSA) is 42.0 Å². The van der Waals surface area contributed by atoms with Crippen molar-refractivity contribution < 1.29 is 4.79 Å². The molecule has 0 aliphatic carbocycles. The van der Waals surface area contributed by atoms with Crippen LogP contribution in [0.2, 0.25) is 0 Å². The predicted octanol–water partition coefficient (Wildman–Crippen LogP) is 1.58. The number of hydrogen-bond acceptors (Lipinski definition) is 3. The van der Waals surface area contributed by atoms with Gasteiger partial charge in [-0.15, -0.1) is 0 Å². The molecule has 1 N–H and O–H groups in total. The molecule has 1 fully saturated rings. The Morgan fingerprint density at radius 3 is 2.94 bits per heavy atom. The summed E-state index contributed by atoms with van der Waals surface area (Å²) in [6.45, 7) is 2.12. The first-order valence-electron chi connectivity index (χ1n) is 5.96. The van der Waals surface area contributed by atoms with Crippen molar-refractivity contribution in [2.45, 2.75) is 25.7 Å². The molecule has 0 radical (unpaired) electrons. The molecule has 0 spiro atoms. The third-order valence-corrected chi connectivity index (χ3v) is 3.10. The summed E-state index contributed by atoms with van der Waals surface area (Å²) in [6.07, 6.45) is 7.06. The van der Waals surface area contributed by atoms with E-state index < -0.39 is 0 Å². The largest absolute Gasteiger partial charge is 0.317 e. The molecule has 0 saturated carbocycles. The molecule has 2 heterocycles. The summed E-state index contributed by atoms with van der Waals surface area (Å²) in [6, 6.07) is 3.85. The third kappa shape index (κ3) is 3.42. The van der Waals surface area contributed by atoms with E-state index in [1.54, 1.807) is 12.4 Å². The van der Waals surface area contributed by atoms with Gasteiger partial charge >= 0.3 is 0 Å². The van der Waals surface area contributed by atoms with E-state index in [-0.39, 0.29) is 0 Å². The van der Waals surface area contributed by atoms with Crippen LogP contribution in [0.5, 0.6) is 0 Å². The second-order valence-corrected chi connectivity index (χ2v) is 4.47. The molecule has 16 heavy (non-hydrogen) atoms. The number of piperidine rings is 1. The summed E-state index contributed by atoms with van der Waals surface area (Å²) in [5, 5.41) is 3.32. The molecule has 1 aromatic rings. The van der Waals surface area contributed by atoms with Crippen LogP contribution in [-0.4, -0.2) is 23.9 Å². The highest BCUT2D eigenvalue weighted by molar-refractivity contribution is 5.80. The van der Waals surface area contributed by atoms with Crippen molar-refractivity contribution in [2.24, 2.45) is 5.92 Å². The van der Waals surface area contributed by atoms with Crippen LogP contribution in [-0.2, 0) is 11.2 Å². The van der Waals surface area contributed by atoms with Crippen molar-refractivity contribution in [3.63, 3.8) is 0 Å². The van der Waals surface area contributed by atoms with Crippen molar-refractivity contribution in [1.29, 1.82) is 0 Å². The van der Waals surface area contributed by atoms with Gasteiger partial charge in [0.1, 0.15) is 5.78 Å². The molecule has 1 saturated heterocycles. The van der Waals surface area contributed by atoms with Gasteiger partial charge in [0.15, 0.2) is 0 Å². The Hall–Kier alpha value is -1.22. The van der Waals surface area contributed by atoms with Gasteiger partial charge in [-0.1, -0.05) is 6.07 Å². The van der Waals surface area contributed by atoms with Crippen molar-refractivity contribution >= 4 is 5.78 Å². The number of nitrogens with one attached hydrogen (secondary N) is 1. The van der Waals surface area contributed by atoms with Gasteiger partial charge in [-0.3, -0.25) is 9.78 Å². The van der Waals surface area contributed by atoms with E-state index in [1.807, 2.05) is 12.1 Å². The molecule has 0 aromatic carbocycles. The minimum Gasteiger partial charge on any atom is -0.317 e. The predicted molar refractivity (Wildman–Crippen MR) is 63.2 cm³/mol. The lowest BCUT2D eigenvalue weighted by molar-refractivity contribution is -0.119. The smallest absolute Gasteiger partial charge is 0.137 e. The average molecular weight is 218 g/mol. The Morgan fingerprint density at radius 2 is 2.25 bits per heavy atom. The molecule has 3 nitrogen and oxygen atoms in total. The van der Waals surface area contributed by atoms with Gasteiger partial charge in [0.2, 0.25) is 0 Å². The van der Waals surface area contributed by atoms with E-state index >= 15 is 0 Å². The van der Waals surface area contributed by atoms with E-state index in [0.717, 1.165) is 37.9 Å². The summed E-state index contributed by atoms with van der Waals surface area (Å²) in [5.41, 5.74) is 1.03. The first-order chi connectivity index (χ1) is 7.84. The van der Waals surface area contributed by atoms with Gasteiger partial charge in [-0.25, -0.2) is 0 Å². The molecule has 1 aliphatic rings. The average Bonchev–Trinajstić information content (AvgIpc) is 2.31. The van der Waals surface area contributed by atoms with Crippen LogP contribution in [0.1, 0.15) is 24.8 Å². The summed E-state index contributed by atoms with van der Waals surface area (Å²) < 4.78 is 0. The van der Waals surface area contributed by atoms with Crippen LogP contribution in [0.3, 0.4) is 0 Å². The maximum atomic E-state index is 11.8. The Kier molecular flexibility index (Phi) is 4.05. The summed E-state index contributed by atoms with van der Waals surface area (Å²) in [7, 11) is 0. The summed E-state index contributed by atoms with van der Waals surface area (Å²) >= 11 is 0. The molecular formula is C13H18N2O. The second-order valence-electron chi connectivity index (χ2n) is 4.47. The zero-order valence-corrected chi connectivity index (χ0v) is 9.48. The van der Waals surface area contributed by atoms with Crippen molar-refractivity contribution in [2.75, 3.05) is 13.1 Å². The number of rotatable bonds is 4. The van der Waals surface area contributed by atoms with Crippen molar-refractivity contribution in [3.8, 4) is 0 Å². The maximum absolute atomic E-state index is 11.8. The minimum atomic E-state index is 0.347. The normalized spacial score (nSPS) is 17.2. The highest BCUT2D eigenvalue weighted by atomic mass is 16.1. The second kappa shape index (κ2) is 5.75. The molecule has 3 heteroatoms. The minimum absolute atomic E-state index is 0.347. The van der Waals surface area contributed by atoms with Gasteiger partial charge in [0.05, 0.1) is 0 Å². The number of pyridine rings is 1. The Balaban J connectivity index is 1.80. The summed E-state index contributed by atoms with van der Waals surface area (Å²) in [4.78, 5) is 15.9. The first-order valence-corrected chi connectivity index (χ1v) is 5.96. The van der Waals surface area contributed by atoms with E-state index in [1.165, 1.54) is 0 Å². The SMILES string of the molecule is O=C(Cc1cccnc1)CC1CCNCC1.